The lowest BCUT2D eigenvalue weighted by molar-refractivity contribution is 0.0589. The van der Waals surface area contributed by atoms with Gasteiger partial charge in [0.25, 0.3) is 23.6 Å². The highest BCUT2D eigenvalue weighted by atomic mass is 16.2. The Bertz CT molecular complexity index is 2820. The van der Waals surface area contributed by atoms with Crippen LogP contribution in [0.15, 0.2) is 48.5 Å². The van der Waals surface area contributed by atoms with Crippen molar-refractivity contribution in [3.63, 3.8) is 0 Å². The number of hydrogen-bond donors (Lipinski definition) is 0. The van der Waals surface area contributed by atoms with Gasteiger partial charge in [-0.3, -0.25) is 29.0 Å². The maximum absolute atomic E-state index is 16.4. The van der Waals surface area contributed by atoms with E-state index in [0.717, 1.165) is 188 Å². The molecule has 76 heavy (non-hydrogen) atoms. The molecule has 2 heterocycles. The zero-order valence-corrected chi connectivity index (χ0v) is 47.4. The highest BCUT2D eigenvalue weighted by molar-refractivity contribution is 6.44. The van der Waals surface area contributed by atoms with Crippen molar-refractivity contribution in [2.75, 3.05) is 13.1 Å². The van der Waals surface area contributed by atoms with Gasteiger partial charge in [0.15, 0.2) is 0 Å². The lowest BCUT2D eigenvalue weighted by atomic mass is 9.69. The molecule has 6 nitrogen and oxygen atoms in total. The van der Waals surface area contributed by atoms with Crippen LogP contribution in [0.25, 0.3) is 32.3 Å². The average molecular weight is 1020 g/mol. The van der Waals surface area contributed by atoms with Crippen molar-refractivity contribution in [2.24, 2.45) is 0 Å². The van der Waals surface area contributed by atoms with Gasteiger partial charge in [0.05, 0.1) is 22.3 Å². The van der Waals surface area contributed by atoms with Crippen LogP contribution < -0.4 is 0 Å². The molecule has 0 N–H and O–H groups in total. The third-order valence-electron chi connectivity index (χ3n) is 18.3. The van der Waals surface area contributed by atoms with Crippen LogP contribution in [-0.2, 0) is 51.4 Å². The fraction of sp³-hybridized carbons (Fsp3) is 0.514. The van der Waals surface area contributed by atoms with Gasteiger partial charge in [-0.2, -0.15) is 0 Å². The minimum Gasteiger partial charge on any atom is -0.274 e. The molecule has 0 saturated carbocycles. The molecule has 0 aromatic heterocycles. The van der Waals surface area contributed by atoms with Crippen molar-refractivity contribution in [1.29, 1.82) is 0 Å². The summed E-state index contributed by atoms with van der Waals surface area (Å²) >= 11 is 0. The number of benzene rings is 6. The molecule has 0 radical (unpaired) electrons. The van der Waals surface area contributed by atoms with Crippen LogP contribution in [-0.4, -0.2) is 46.5 Å². The normalized spacial score (nSPS) is 14.6. The molecule has 10 rings (SSSR count). The van der Waals surface area contributed by atoms with E-state index >= 15 is 19.2 Å². The van der Waals surface area contributed by atoms with Crippen LogP contribution in [0.1, 0.15) is 278 Å². The van der Waals surface area contributed by atoms with Crippen LogP contribution in [0, 0.1) is 0 Å². The van der Waals surface area contributed by atoms with Crippen LogP contribution in [0.2, 0.25) is 0 Å². The Labute approximate surface area is 454 Å². The molecule has 4 amide bonds. The Hall–Kier alpha value is -5.62. The molecule has 2 aliphatic heterocycles. The fourth-order valence-corrected chi connectivity index (χ4v) is 14.3. The zero-order valence-electron chi connectivity index (χ0n) is 47.4. The number of carbonyl (C=O) groups is 4. The van der Waals surface area contributed by atoms with Crippen LogP contribution in [0.5, 0.6) is 0 Å². The van der Waals surface area contributed by atoms with E-state index in [1.54, 1.807) is 9.80 Å². The van der Waals surface area contributed by atoms with Crippen molar-refractivity contribution < 1.29 is 19.2 Å². The quantitative estimate of drug-likeness (QED) is 0.0308. The number of amides is 4. The van der Waals surface area contributed by atoms with Gasteiger partial charge >= 0.3 is 0 Å². The van der Waals surface area contributed by atoms with E-state index in [4.69, 9.17) is 0 Å². The van der Waals surface area contributed by atoms with Crippen molar-refractivity contribution in [1.82, 2.24) is 9.80 Å². The predicted molar refractivity (Wildman–Crippen MR) is 315 cm³/mol. The molecule has 0 unspecified atom stereocenters. The van der Waals surface area contributed by atoms with Crippen LogP contribution >= 0.6 is 0 Å². The van der Waals surface area contributed by atoms with E-state index in [9.17, 15) is 0 Å². The molecule has 0 bridgehead atoms. The lowest BCUT2D eigenvalue weighted by Crippen LogP contribution is -2.45. The number of unbranched alkanes of at least 4 members (excludes halogenated alkanes) is 14. The highest BCUT2D eigenvalue weighted by Gasteiger charge is 2.47. The second kappa shape index (κ2) is 24.0. The summed E-state index contributed by atoms with van der Waals surface area (Å²) in [6.45, 7) is 14.1. The summed E-state index contributed by atoms with van der Waals surface area (Å²) in [4.78, 5) is 68.9. The third kappa shape index (κ3) is 9.54. The molecule has 2 aliphatic carbocycles. The summed E-state index contributed by atoms with van der Waals surface area (Å²) in [6.07, 6.45) is 26.2. The minimum absolute atomic E-state index is 0.245. The number of carbonyl (C=O) groups excluding carboxylic acids is 4. The van der Waals surface area contributed by atoms with Crippen molar-refractivity contribution in [3.8, 4) is 0 Å². The molecule has 0 saturated heterocycles. The van der Waals surface area contributed by atoms with E-state index in [2.05, 4.69) is 90.1 Å². The van der Waals surface area contributed by atoms with E-state index in [1.165, 1.54) is 79.6 Å². The molecule has 6 aromatic carbocycles. The second-order valence-corrected chi connectivity index (χ2v) is 23.3. The summed E-state index contributed by atoms with van der Waals surface area (Å²) in [6, 6.07) is 17.7. The summed E-state index contributed by atoms with van der Waals surface area (Å²) in [5.41, 5.74) is 17.5. The first-order chi connectivity index (χ1) is 37.2. The monoisotopic (exact) mass is 1020 g/mol. The molecule has 6 aromatic rings. The number of nitrogens with zero attached hydrogens (tertiary/aromatic N) is 2. The summed E-state index contributed by atoms with van der Waals surface area (Å²) in [5, 5.41) is 4.76. The van der Waals surface area contributed by atoms with Gasteiger partial charge in [-0.15, -0.1) is 0 Å². The maximum atomic E-state index is 16.4. The summed E-state index contributed by atoms with van der Waals surface area (Å²) in [7, 11) is 0. The van der Waals surface area contributed by atoms with Gasteiger partial charge in [0, 0.05) is 23.9 Å². The van der Waals surface area contributed by atoms with E-state index < -0.39 is 0 Å². The first kappa shape index (κ1) is 53.8. The van der Waals surface area contributed by atoms with Gasteiger partial charge in [-0.25, -0.2) is 0 Å². The van der Waals surface area contributed by atoms with Gasteiger partial charge < -0.3 is 0 Å². The molecule has 4 aliphatic rings. The van der Waals surface area contributed by atoms with Crippen LogP contribution in [0.3, 0.4) is 0 Å². The van der Waals surface area contributed by atoms with Crippen molar-refractivity contribution in [2.45, 2.75) is 221 Å². The van der Waals surface area contributed by atoms with E-state index in [-0.39, 0.29) is 23.6 Å². The first-order valence-corrected chi connectivity index (χ1v) is 30.7. The third-order valence-corrected chi connectivity index (χ3v) is 18.3. The topological polar surface area (TPSA) is 74.8 Å². The molecule has 0 atom stereocenters. The molecular formula is C70H86N2O4. The van der Waals surface area contributed by atoms with Gasteiger partial charge in [0.2, 0.25) is 0 Å². The molecule has 0 fully saturated rings. The van der Waals surface area contributed by atoms with Crippen molar-refractivity contribution in [3.05, 3.63) is 138 Å². The number of fused-ring (bicyclic) bond motifs is 10. The van der Waals surface area contributed by atoms with E-state index in [0.29, 0.717) is 46.1 Å². The predicted octanol–water partition coefficient (Wildman–Crippen LogP) is 17.4. The smallest absolute Gasteiger partial charge is 0.262 e. The van der Waals surface area contributed by atoms with Crippen molar-refractivity contribution >= 4 is 55.9 Å². The van der Waals surface area contributed by atoms with Gasteiger partial charge in [-0.1, -0.05) is 180 Å². The number of imide groups is 2. The maximum Gasteiger partial charge on any atom is 0.262 e. The van der Waals surface area contributed by atoms with E-state index in [1.807, 2.05) is 0 Å². The molecular weight excluding hydrogens is 933 g/mol. The number of hydrogen-bond acceptors (Lipinski definition) is 4. The standard InChI is InChI=1S/C70H86N2O4/c1-7-13-19-21-23-29-39-71-67(73)63-57-49(35-15-9-3)53-41-45-31-25-27-33-47(45)43-55(53)51(37-17-11-5)59(57)65-62-61(63)64(68(71)74)58-50(36-16-10-4)54-42-46-32-26-28-34-48(46)44-56(54)52(38-18-12-6)60(58)66(62)70(76)72(69(65)75)40-30-24-22-20-14-8-2/h25-28,31-34H,7-24,29-30,35-44H2,1-6H3. The Morgan fingerprint density at radius 1 is 0.303 bits per heavy atom. The Morgan fingerprint density at radius 3 is 0.789 bits per heavy atom. The average Bonchev–Trinajstić information content (AvgIpc) is 3.61. The zero-order chi connectivity index (χ0) is 53.0. The summed E-state index contributed by atoms with van der Waals surface area (Å²) in [5.74, 6) is -0.978. The van der Waals surface area contributed by atoms with Gasteiger partial charge in [-0.05, 0) is 178 Å². The first-order valence-electron chi connectivity index (χ1n) is 30.7. The lowest BCUT2D eigenvalue weighted by Gasteiger charge is -2.38. The molecule has 0 spiro atoms. The minimum atomic E-state index is -0.245. The SMILES string of the molecule is CCCCCCCCN1C(=O)c2c3c(CCCC)c4c(c(CCCC)c3c3c5c(c6c(CCCC)c7c(c(CCCC)c6c(c25)C1=O)Cc1ccccc1C7)C(=O)N(CCCCCCCC)C3=O)Cc1ccccc1C4. The highest BCUT2D eigenvalue weighted by Crippen LogP contribution is 2.54. The number of aryl methyl sites for hydroxylation is 4. The fourth-order valence-electron chi connectivity index (χ4n) is 14.3. The second-order valence-electron chi connectivity index (χ2n) is 23.3. The Morgan fingerprint density at radius 2 is 0.539 bits per heavy atom. The van der Waals surface area contributed by atoms with Gasteiger partial charge in [0.1, 0.15) is 0 Å². The summed E-state index contributed by atoms with van der Waals surface area (Å²) < 4.78 is 0. The Kier molecular flexibility index (Phi) is 16.9. The van der Waals surface area contributed by atoms with Crippen LogP contribution in [0.4, 0.5) is 0 Å². The molecule has 400 valence electrons. The Balaban J connectivity index is 1.41. The largest absolute Gasteiger partial charge is 0.274 e. The molecule has 6 heteroatoms. The number of rotatable bonds is 26.